The molecular weight excluding hydrogens is 468 g/mol. The van der Waals surface area contributed by atoms with Crippen LogP contribution in [0.3, 0.4) is 0 Å². The number of rotatable bonds is 10. The predicted molar refractivity (Wildman–Crippen MR) is 141 cm³/mol. The van der Waals surface area contributed by atoms with E-state index in [1.807, 2.05) is 35.9 Å². The fourth-order valence-corrected chi connectivity index (χ4v) is 5.10. The van der Waals surface area contributed by atoms with Crippen molar-refractivity contribution in [3.63, 3.8) is 0 Å². The zero-order valence-corrected chi connectivity index (χ0v) is 21.7. The number of aromatic amines is 1. The van der Waals surface area contributed by atoms with Crippen molar-refractivity contribution in [2.24, 2.45) is 0 Å². The van der Waals surface area contributed by atoms with Crippen molar-refractivity contribution in [2.45, 2.75) is 64.9 Å². The van der Waals surface area contributed by atoms with Crippen LogP contribution in [0.15, 0.2) is 53.3 Å². The van der Waals surface area contributed by atoms with Gasteiger partial charge in [-0.15, -0.1) is 5.10 Å². The van der Waals surface area contributed by atoms with E-state index in [0.717, 1.165) is 59.5 Å². The summed E-state index contributed by atoms with van der Waals surface area (Å²) in [6.07, 6.45) is 2.99. The maximum Gasteiger partial charge on any atom is 0.252 e. The van der Waals surface area contributed by atoms with Gasteiger partial charge in [0.05, 0.1) is 25.8 Å². The Morgan fingerprint density at radius 1 is 1.19 bits per heavy atom. The van der Waals surface area contributed by atoms with Crippen molar-refractivity contribution in [2.75, 3.05) is 13.7 Å². The number of ether oxygens (including phenoxy) is 2. The lowest BCUT2D eigenvalue weighted by atomic mass is 10.1. The Labute approximate surface area is 216 Å². The minimum absolute atomic E-state index is 0.0772. The van der Waals surface area contributed by atoms with Gasteiger partial charge in [-0.3, -0.25) is 9.69 Å². The van der Waals surface area contributed by atoms with Gasteiger partial charge in [-0.05, 0) is 77.4 Å². The highest BCUT2D eigenvalue weighted by Gasteiger charge is 2.28. The third-order valence-electron chi connectivity index (χ3n) is 7.08. The largest absolute Gasteiger partial charge is 0.497 e. The molecule has 37 heavy (non-hydrogen) atoms. The first-order valence-electron chi connectivity index (χ1n) is 12.9. The summed E-state index contributed by atoms with van der Waals surface area (Å²) in [4.78, 5) is 18.5. The number of H-pyrrole nitrogens is 1. The van der Waals surface area contributed by atoms with E-state index >= 15 is 0 Å². The average Bonchev–Trinajstić information content (AvgIpc) is 3.58. The molecule has 0 saturated carbocycles. The van der Waals surface area contributed by atoms with Crippen molar-refractivity contribution in [1.29, 1.82) is 0 Å². The van der Waals surface area contributed by atoms with Crippen LogP contribution < -0.4 is 10.3 Å². The van der Waals surface area contributed by atoms with Crippen LogP contribution in [0, 0.1) is 6.92 Å². The Bertz CT molecular complexity index is 1390. The van der Waals surface area contributed by atoms with E-state index in [4.69, 9.17) is 9.47 Å². The highest BCUT2D eigenvalue weighted by Crippen LogP contribution is 2.28. The lowest BCUT2D eigenvalue weighted by molar-refractivity contribution is 0.0888. The van der Waals surface area contributed by atoms with E-state index in [-0.39, 0.29) is 17.7 Å². The Hall–Kier alpha value is -3.56. The minimum Gasteiger partial charge on any atom is -0.497 e. The van der Waals surface area contributed by atoms with Crippen molar-refractivity contribution < 1.29 is 9.47 Å². The standard InChI is InChI=1S/C28H34N6O3/c1-4-26(27-30-31-32-34(27)18-24-6-5-13-37-24)33(16-20-8-11-23(36-3)12-9-20)17-22-15-21-10-7-19(2)14-25(21)29-28(22)35/h7-12,14-15,24,26H,4-6,13,16-18H2,1-3H3,(H,29,35)/t24-,26+/m1/s1. The molecule has 0 aliphatic carbocycles. The molecule has 9 nitrogen and oxygen atoms in total. The highest BCUT2D eigenvalue weighted by molar-refractivity contribution is 5.79. The van der Waals surface area contributed by atoms with E-state index < -0.39 is 0 Å². The summed E-state index contributed by atoms with van der Waals surface area (Å²) in [6.45, 7) is 6.65. The summed E-state index contributed by atoms with van der Waals surface area (Å²) in [7, 11) is 1.66. The summed E-state index contributed by atoms with van der Waals surface area (Å²) >= 11 is 0. The Kier molecular flexibility index (Phi) is 7.62. The SMILES string of the molecule is CC[C@@H](c1nnnn1C[C@H]1CCCO1)N(Cc1ccc(OC)cc1)Cc1cc2ccc(C)cc2[nH]c1=O. The second-order valence-corrected chi connectivity index (χ2v) is 9.75. The number of pyridine rings is 1. The summed E-state index contributed by atoms with van der Waals surface area (Å²) in [5, 5.41) is 13.8. The Morgan fingerprint density at radius 2 is 2.03 bits per heavy atom. The molecule has 1 fully saturated rings. The number of tetrazole rings is 1. The van der Waals surface area contributed by atoms with Gasteiger partial charge in [-0.2, -0.15) is 0 Å². The smallest absolute Gasteiger partial charge is 0.252 e. The highest BCUT2D eigenvalue weighted by atomic mass is 16.5. The monoisotopic (exact) mass is 502 g/mol. The maximum atomic E-state index is 13.1. The second-order valence-electron chi connectivity index (χ2n) is 9.75. The van der Waals surface area contributed by atoms with E-state index in [9.17, 15) is 4.79 Å². The van der Waals surface area contributed by atoms with Gasteiger partial charge in [0.2, 0.25) is 0 Å². The molecule has 194 valence electrons. The number of aromatic nitrogens is 5. The molecule has 2 aromatic carbocycles. The van der Waals surface area contributed by atoms with Crippen LogP contribution in [0.25, 0.3) is 10.9 Å². The van der Waals surface area contributed by atoms with Crippen LogP contribution in [0.2, 0.25) is 0 Å². The van der Waals surface area contributed by atoms with Gasteiger partial charge in [-0.1, -0.05) is 31.2 Å². The molecule has 0 amide bonds. The fraction of sp³-hybridized carbons (Fsp3) is 0.429. The van der Waals surface area contributed by atoms with Crippen LogP contribution in [0.5, 0.6) is 5.75 Å². The summed E-state index contributed by atoms with van der Waals surface area (Å²) in [6, 6.07) is 16.1. The van der Waals surface area contributed by atoms with E-state index in [1.54, 1.807) is 7.11 Å². The number of benzene rings is 2. The summed E-state index contributed by atoms with van der Waals surface area (Å²) < 4.78 is 13.1. The quantitative estimate of drug-likeness (QED) is 0.348. The molecule has 2 aromatic heterocycles. The van der Waals surface area contributed by atoms with Crippen molar-refractivity contribution >= 4 is 10.9 Å². The molecule has 0 radical (unpaired) electrons. The molecule has 2 atom stereocenters. The zero-order chi connectivity index (χ0) is 25.8. The lowest BCUT2D eigenvalue weighted by Gasteiger charge is -2.30. The molecule has 1 aliphatic rings. The Morgan fingerprint density at radius 3 is 2.76 bits per heavy atom. The molecule has 9 heteroatoms. The minimum atomic E-state index is -0.0911. The van der Waals surface area contributed by atoms with Crippen LogP contribution in [0.4, 0.5) is 0 Å². The number of methoxy groups -OCH3 is 1. The fourth-order valence-electron chi connectivity index (χ4n) is 5.10. The lowest BCUT2D eigenvalue weighted by Crippen LogP contribution is -2.33. The van der Waals surface area contributed by atoms with Gasteiger partial charge in [0.25, 0.3) is 5.56 Å². The van der Waals surface area contributed by atoms with Crippen LogP contribution in [0.1, 0.15) is 54.7 Å². The number of hydrogen-bond donors (Lipinski definition) is 1. The molecule has 0 unspecified atom stereocenters. The van der Waals surface area contributed by atoms with Crippen molar-refractivity contribution in [1.82, 2.24) is 30.1 Å². The molecule has 0 bridgehead atoms. The maximum absolute atomic E-state index is 13.1. The normalized spacial score (nSPS) is 16.5. The summed E-state index contributed by atoms with van der Waals surface area (Å²) in [5.41, 5.74) is 3.71. The zero-order valence-electron chi connectivity index (χ0n) is 21.7. The molecule has 1 saturated heterocycles. The van der Waals surface area contributed by atoms with E-state index in [1.165, 1.54) is 0 Å². The first kappa shape index (κ1) is 25.1. The number of hydrogen-bond acceptors (Lipinski definition) is 7. The van der Waals surface area contributed by atoms with Gasteiger partial charge in [-0.25, -0.2) is 4.68 Å². The number of nitrogens with zero attached hydrogens (tertiary/aromatic N) is 5. The van der Waals surface area contributed by atoms with Gasteiger partial charge < -0.3 is 14.5 Å². The topological polar surface area (TPSA) is 98.2 Å². The van der Waals surface area contributed by atoms with Crippen LogP contribution in [-0.4, -0.2) is 49.9 Å². The number of aryl methyl sites for hydroxylation is 1. The average molecular weight is 503 g/mol. The first-order valence-corrected chi connectivity index (χ1v) is 12.9. The second kappa shape index (κ2) is 11.2. The van der Waals surface area contributed by atoms with Crippen molar-refractivity contribution in [3.8, 4) is 5.75 Å². The van der Waals surface area contributed by atoms with E-state index in [0.29, 0.717) is 25.2 Å². The first-order chi connectivity index (χ1) is 18.0. The summed E-state index contributed by atoms with van der Waals surface area (Å²) in [5.74, 6) is 1.60. The van der Waals surface area contributed by atoms with Gasteiger partial charge in [0.1, 0.15) is 5.75 Å². The van der Waals surface area contributed by atoms with Gasteiger partial charge in [0.15, 0.2) is 5.82 Å². The number of fused-ring (bicyclic) bond motifs is 1. The van der Waals surface area contributed by atoms with Crippen molar-refractivity contribution in [3.05, 3.63) is 81.4 Å². The van der Waals surface area contributed by atoms with Gasteiger partial charge in [0, 0.05) is 30.8 Å². The molecule has 0 spiro atoms. The number of nitrogens with one attached hydrogen (secondary N) is 1. The van der Waals surface area contributed by atoms with E-state index in [2.05, 4.69) is 56.6 Å². The molecule has 1 aliphatic heterocycles. The van der Waals surface area contributed by atoms with Crippen LogP contribution in [-0.2, 0) is 24.4 Å². The predicted octanol–water partition coefficient (Wildman–Crippen LogP) is 4.16. The van der Waals surface area contributed by atoms with Gasteiger partial charge >= 0.3 is 0 Å². The molecule has 4 aromatic rings. The Balaban J connectivity index is 1.49. The van der Waals surface area contributed by atoms with Crippen LogP contribution >= 0.6 is 0 Å². The molecule has 1 N–H and O–H groups in total. The third kappa shape index (κ3) is 5.73. The molecular formula is C28H34N6O3. The third-order valence-corrected chi connectivity index (χ3v) is 7.08. The molecule has 3 heterocycles. The molecule has 5 rings (SSSR count).